The van der Waals surface area contributed by atoms with Gasteiger partial charge in [0.25, 0.3) is 0 Å². The molecule has 0 aromatic heterocycles. The van der Waals surface area contributed by atoms with Crippen molar-refractivity contribution in [3.8, 4) is 5.75 Å². The molecule has 0 aliphatic carbocycles. The lowest BCUT2D eigenvalue weighted by molar-refractivity contribution is -0.151. The van der Waals surface area contributed by atoms with Crippen molar-refractivity contribution in [1.29, 1.82) is 0 Å². The van der Waals surface area contributed by atoms with Crippen molar-refractivity contribution in [2.75, 3.05) is 13.2 Å². The molecule has 1 unspecified atom stereocenters. The van der Waals surface area contributed by atoms with Gasteiger partial charge in [0.1, 0.15) is 16.9 Å². The Labute approximate surface area is 112 Å². The van der Waals surface area contributed by atoms with E-state index in [0.29, 0.717) is 32.5 Å². The van der Waals surface area contributed by atoms with E-state index in [2.05, 4.69) is 0 Å². The van der Waals surface area contributed by atoms with Gasteiger partial charge in [-0.15, -0.1) is 0 Å². The third-order valence-electron chi connectivity index (χ3n) is 3.59. The summed E-state index contributed by atoms with van der Waals surface area (Å²) in [5.41, 5.74) is -0.931. The van der Waals surface area contributed by atoms with Crippen LogP contribution in [0, 0.1) is 5.41 Å². The van der Waals surface area contributed by atoms with E-state index in [1.165, 1.54) is 6.92 Å². The maximum Gasteiger partial charge on any atom is 0.319 e. The molecule has 1 aromatic carbocycles. The number of hydrogen-bond acceptors (Lipinski definition) is 4. The monoisotopic (exact) mass is 262 g/mol. The minimum Gasteiger partial charge on any atom is -0.494 e. The van der Waals surface area contributed by atoms with Crippen LogP contribution in [0.25, 0.3) is 0 Å². The van der Waals surface area contributed by atoms with Gasteiger partial charge < -0.3 is 9.47 Å². The van der Waals surface area contributed by atoms with Crippen molar-refractivity contribution in [3.63, 3.8) is 0 Å². The van der Waals surface area contributed by atoms with Gasteiger partial charge in [0.05, 0.1) is 13.2 Å². The van der Waals surface area contributed by atoms with Gasteiger partial charge in [-0.3, -0.25) is 9.59 Å². The molecule has 0 N–H and O–H groups in total. The number of ether oxygens (including phenoxy) is 2. The van der Waals surface area contributed by atoms with Crippen molar-refractivity contribution < 1.29 is 19.1 Å². The van der Waals surface area contributed by atoms with Crippen LogP contribution < -0.4 is 4.74 Å². The Hall–Kier alpha value is -1.84. The molecule has 1 fully saturated rings. The van der Waals surface area contributed by atoms with Crippen LogP contribution in [-0.4, -0.2) is 25.0 Å². The Morgan fingerprint density at radius 1 is 1.37 bits per heavy atom. The second-order valence-corrected chi connectivity index (χ2v) is 4.79. The van der Waals surface area contributed by atoms with E-state index in [1.807, 2.05) is 30.3 Å². The minimum absolute atomic E-state index is 0.102. The van der Waals surface area contributed by atoms with Crippen LogP contribution in [-0.2, 0) is 14.3 Å². The number of benzene rings is 1. The summed E-state index contributed by atoms with van der Waals surface area (Å²) in [6.45, 7) is 2.30. The topological polar surface area (TPSA) is 52.6 Å². The number of cyclic esters (lactones) is 1. The third-order valence-corrected chi connectivity index (χ3v) is 3.59. The van der Waals surface area contributed by atoms with E-state index in [-0.39, 0.29) is 11.8 Å². The number of carbonyl (C=O) groups excluding carboxylic acids is 2. The number of hydrogen-bond donors (Lipinski definition) is 0. The molecule has 0 spiro atoms. The second-order valence-electron chi connectivity index (χ2n) is 4.79. The van der Waals surface area contributed by atoms with Crippen molar-refractivity contribution in [3.05, 3.63) is 30.3 Å². The van der Waals surface area contributed by atoms with Crippen LogP contribution >= 0.6 is 0 Å². The lowest BCUT2D eigenvalue weighted by Gasteiger charge is -2.20. The van der Waals surface area contributed by atoms with Gasteiger partial charge in [-0.25, -0.2) is 0 Å². The van der Waals surface area contributed by atoms with Gasteiger partial charge in [-0.1, -0.05) is 18.2 Å². The zero-order valence-electron chi connectivity index (χ0n) is 11.1. The zero-order chi connectivity index (χ0) is 13.7. The standard InChI is InChI=1S/C15H18O4/c1-12(16)15(9-11-19-14(15)17)8-5-10-18-13-6-3-2-4-7-13/h2-4,6-7H,5,8-11H2,1H3. The first-order chi connectivity index (χ1) is 9.15. The quantitative estimate of drug-likeness (QED) is 0.448. The number of para-hydroxylation sites is 1. The molecule has 1 heterocycles. The molecule has 0 saturated carbocycles. The molecule has 0 radical (unpaired) electrons. The molecule has 1 aliphatic rings. The second kappa shape index (κ2) is 5.87. The number of rotatable bonds is 6. The van der Waals surface area contributed by atoms with Gasteiger partial charge in [0.2, 0.25) is 0 Å². The van der Waals surface area contributed by atoms with Crippen LogP contribution in [0.2, 0.25) is 0 Å². The smallest absolute Gasteiger partial charge is 0.319 e. The fraction of sp³-hybridized carbons (Fsp3) is 0.467. The number of carbonyl (C=O) groups is 2. The van der Waals surface area contributed by atoms with Crippen molar-refractivity contribution >= 4 is 11.8 Å². The van der Waals surface area contributed by atoms with Gasteiger partial charge in [-0.05, 0) is 31.9 Å². The summed E-state index contributed by atoms with van der Waals surface area (Å²) in [5.74, 6) is 0.322. The van der Waals surface area contributed by atoms with E-state index in [1.54, 1.807) is 0 Å². The zero-order valence-corrected chi connectivity index (χ0v) is 11.1. The lowest BCUT2D eigenvalue weighted by Crippen LogP contribution is -2.34. The Kier molecular flexibility index (Phi) is 4.20. The molecule has 1 atom stereocenters. The molecule has 4 nitrogen and oxygen atoms in total. The molecule has 1 aromatic rings. The molecule has 0 amide bonds. The molecule has 4 heteroatoms. The highest BCUT2D eigenvalue weighted by Crippen LogP contribution is 2.36. The molecule has 1 aliphatic heterocycles. The van der Waals surface area contributed by atoms with Crippen LogP contribution in [0.1, 0.15) is 26.2 Å². The minimum atomic E-state index is -0.931. The molecule has 102 valence electrons. The largest absolute Gasteiger partial charge is 0.494 e. The van der Waals surface area contributed by atoms with E-state index >= 15 is 0 Å². The van der Waals surface area contributed by atoms with Crippen molar-refractivity contribution in [2.45, 2.75) is 26.2 Å². The highest BCUT2D eigenvalue weighted by molar-refractivity contribution is 6.03. The van der Waals surface area contributed by atoms with Gasteiger partial charge >= 0.3 is 5.97 Å². The van der Waals surface area contributed by atoms with Crippen LogP contribution in [0.4, 0.5) is 0 Å². The van der Waals surface area contributed by atoms with Crippen LogP contribution in [0.3, 0.4) is 0 Å². The first-order valence-electron chi connectivity index (χ1n) is 6.51. The third kappa shape index (κ3) is 2.95. The Morgan fingerprint density at radius 3 is 2.68 bits per heavy atom. The molecule has 19 heavy (non-hydrogen) atoms. The summed E-state index contributed by atoms with van der Waals surface area (Å²) in [4.78, 5) is 23.4. The molecule has 2 rings (SSSR count). The Balaban J connectivity index is 1.84. The SMILES string of the molecule is CC(=O)C1(CCCOc2ccccc2)CCOC1=O. The van der Waals surface area contributed by atoms with E-state index < -0.39 is 5.41 Å². The Bertz CT molecular complexity index is 454. The van der Waals surface area contributed by atoms with Gasteiger partial charge in [-0.2, -0.15) is 0 Å². The molecular formula is C15H18O4. The van der Waals surface area contributed by atoms with E-state index in [9.17, 15) is 9.59 Å². The predicted molar refractivity (Wildman–Crippen MR) is 69.9 cm³/mol. The Morgan fingerprint density at radius 2 is 2.11 bits per heavy atom. The number of ketones is 1. The van der Waals surface area contributed by atoms with E-state index in [4.69, 9.17) is 9.47 Å². The summed E-state index contributed by atoms with van der Waals surface area (Å²) in [6, 6.07) is 9.49. The molecular weight excluding hydrogens is 244 g/mol. The van der Waals surface area contributed by atoms with Gasteiger partial charge in [0.15, 0.2) is 0 Å². The van der Waals surface area contributed by atoms with E-state index in [0.717, 1.165) is 5.75 Å². The highest BCUT2D eigenvalue weighted by atomic mass is 16.5. The fourth-order valence-corrected chi connectivity index (χ4v) is 2.36. The summed E-state index contributed by atoms with van der Waals surface area (Å²) in [5, 5.41) is 0. The van der Waals surface area contributed by atoms with Crippen molar-refractivity contribution in [1.82, 2.24) is 0 Å². The first kappa shape index (κ1) is 13.6. The first-order valence-corrected chi connectivity index (χ1v) is 6.51. The summed E-state index contributed by atoms with van der Waals surface area (Å²) in [6.07, 6.45) is 1.64. The summed E-state index contributed by atoms with van der Waals surface area (Å²) < 4.78 is 10.5. The fourth-order valence-electron chi connectivity index (χ4n) is 2.36. The normalized spacial score (nSPS) is 22.1. The maximum absolute atomic E-state index is 11.7. The molecule has 1 saturated heterocycles. The summed E-state index contributed by atoms with van der Waals surface area (Å²) >= 11 is 0. The van der Waals surface area contributed by atoms with Gasteiger partial charge in [0, 0.05) is 6.42 Å². The number of Topliss-reactive ketones (excluding diaryl/α,β-unsaturated/α-hetero) is 1. The van der Waals surface area contributed by atoms with Crippen molar-refractivity contribution in [2.24, 2.45) is 5.41 Å². The summed E-state index contributed by atoms with van der Waals surface area (Å²) in [7, 11) is 0. The average molecular weight is 262 g/mol. The highest BCUT2D eigenvalue weighted by Gasteiger charge is 2.48. The lowest BCUT2D eigenvalue weighted by atomic mass is 9.78. The maximum atomic E-state index is 11.7. The van der Waals surface area contributed by atoms with Crippen LogP contribution in [0.15, 0.2) is 30.3 Å². The predicted octanol–water partition coefficient (Wildman–Crippen LogP) is 2.37. The molecule has 0 bridgehead atoms. The van der Waals surface area contributed by atoms with Crippen LogP contribution in [0.5, 0.6) is 5.75 Å². The number of esters is 1. The average Bonchev–Trinajstić information content (AvgIpc) is 2.78.